The van der Waals surface area contributed by atoms with Crippen molar-refractivity contribution < 1.29 is 10.2 Å². The van der Waals surface area contributed by atoms with Crippen LogP contribution in [0, 0.1) is 5.92 Å². The van der Waals surface area contributed by atoms with Gasteiger partial charge in [0, 0.05) is 12.1 Å². The SMILES string of the molecule is N[C@H](c1cc(O)cc(O)c1)C1CCCC1. The van der Waals surface area contributed by atoms with Gasteiger partial charge in [-0.05, 0) is 36.5 Å². The molecule has 1 aromatic carbocycles. The molecule has 0 heterocycles. The number of rotatable bonds is 2. The van der Waals surface area contributed by atoms with Crippen LogP contribution in [0.25, 0.3) is 0 Å². The van der Waals surface area contributed by atoms with E-state index in [0.29, 0.717) is 5.92 Å². The zero-order valence-electron chi connectivity index (χ0n) is 8.69. The van der Waals surface area contributed by atoms with Gasteiger partial charge in [0.1, 0.15) is 11.5 Å². The summed E-state index contributed by atoms with van der Waals surface area (Å²) in [4.78, 5) is 0. The van der Waals surface area contributed by atoms with E-state index in [0.717, 1.165) is 18.4 Å². The topological polar surface area (TPSA) is 66.5 Å². The third-order valence-electron chi connectivity index (χ3n) is 3.22. The fraction of sp³-hybridized carbons (Fsp3) is 0.500. The first kappa shape index (κ1) is 10.3. The Bertz CT molecular complexity index is 325. The number of benzene rings is 1. The summed E-state index contributed by atoms with van der Waals surface area (Å²) in [6.45, 7) is 0. The van der Waals surface area contributed by atoms with Gasteiger partial charge in [0.2, 0.25) is 0 Å². The first-order valence-corrected chi connectivity index (χ1v) is 5.45. The fourth-order valence-electron chi connectivity index (χ4n) is 2.40. The molecule has 0 saturated heterocycles. The monoisotopic (exact) mass is 207 g/mol. The van der Waals surface area contributed by atoms with Crippen LogP contribution in [0.2, 0.25) is 0 Å². The van der Waals surface area contributed by atoms with Crippen molar-refractivity contribution in [2.75, 3.05) is 0 Å². The molecule has 1 atom stereocenters. The summed E-state index contributed by atoms with van der Waals surface area (Å²) in [5.41, 5.74) is 6.95. The molecule has 4 N–H and O–H groups in total. The predicted octanol–water partition coefficient (Wildman–Crippen LogP) is 2.29. The second-order valence-electron chi connectivity index (χ2n) is 4.35. The van der Waals surface area contributed by atoms with Crippen LogP contribution in [-0.4, -0.2) is 10.2 Å². The van der Waals surface area contributed by atoms with Crippen molar-refractivity contribution in [3.8, 4) is 11.5 Å². The number of phenolic OH excluding ortho intramolecular Hbond substituents is 2. The van der Waals surface area contributed by atoms with Crippen molar-refractivity contribution in [3.63, 3.8) is 0 Å². The van der Waals surface area contributed by atoms with Crippen molar-refractivity contribution in [1.29, 1.82) is 0 Å². The minimum absolute atomic E-state index is 0.0644. The molecule has 2 rings (SSSR count). The summed E-state index contributed by atoms with van der Waals surface area (Å²) in [5.74, 6) is 0.656. The van der Waals surface area contributed by atoms with Crippen LogP contribution in [0.15, 0.2) is 18.2 Å². The van der Waals surface area contributed by atoms with Crippen LogP contribution in [0.4, 0.5) is 0 Å². The molecular formula is C12H17NO2. The van der Waals surface area contributed by atoms with E-state index in [9.17, 15) is 10.2 Å². The first-order chi connectivity index (χ1) is 7.16. The molecule has 1 aliphatic carbocycles. The van der Waals surface area contributed by atoms with Crippen molar-refractivity contribution in [2.24, 2.45) is 11.7 Å². The molecule has 0 spiro atoms. The van der Waals surface area contributed by atoms with E-state index in [1.807, 2.05) is 0 Å². The zero-order chi connectivity index (χ0) is 10.8. The number of phenols is 2. The normalized spacial score (nSPS) is 19.3. The minimum atomic E-state index is -0.0644. The summed E-state index contributed by atoms with van der Waals surface area (Å²) in [6.07, 6.45) is 4.78. The van der Waals surface area contributed by atoms with Crippen LogP contribution in [0.1, 0.15) is 37.3 Å². The van der Waals surface area contributed by atoms with Gasteiger partial charge in [0.15, 0.2) is 0 Å². The van der Waals surface area contributed by atoms with Crippen molar-refractivity contribution in [1.82, 2.24) is 0 Å². The highest BCUT2D eigenvalue weighted by atomic mass is 16.3. The Kier molecular flexibility index (Phi) is 2.82. The summed E-state index contributed by atoms with van der Waals surface area (Å²) >= 11 is 0. The van der Waals surface area contributed by atoms with Gasteiger partial charge in [0.05, 0.1) is 0 Å². The second kappa shape index (κ2) is 4.11. The van der Waals surface area contributed by atoms with Gasteiger partial charge in [-0.15, -0.1) is 0 Å². The van der Waals surface area contributed by atoms with Crippen molar-refractivity contribution in [3.05, 3.63) is 23.8 Å². The Hall–Kier alpha value is -1.22. The molecule has 0 radical (unpaired) electrons. The summed E-state index contributed by atoms with van der Waals surface area (Å²) < 4.78 is 0. The van der Waals surface area contributed by atoms with Crippen LogP contribution < -0.4 is 5.73 Å². The summed E-state index contributed by atoms with van der Waals surface area (Å²) in [7, 11) is 0. The quantitative estimate of drug-likeness (QED) is 0.697. The molecule has 1 aromatic rings. The molecule has 1 saturated carbocycles. The van der Waals surface area contributed by atoms with E-state index in [-0.39, 0.29) is 17.5 Å². The molecule has 0 amide bonds. The maximum atomic E-state index is 9.37. The lowest BCUT2D eigenvalue weighted by Crippen LogP contribution is -2.18. The minimum Gasteiger partial charge on any atom is -0.508 e. The van der Waals surface area contributed by atoms with Gasteiger partial charge < -0.3 is 15.9 Å². The van der Waals surface area contributed by atoms with Gasteiger partial charge in [0.25, 0.3) is 0 Å². The smallest absolute Gasteiger partial charge is 0.119 e. The van der Waals surface area contributed by atoms with Gasteiger partial charge in [-0.25, -0.2) is 0 Å². The van der Waals surface area contributed by atoms with Gasteiger partial charge in [-0.1, -0.05) is 12.8 Å². The average Bonchev–Trinajstić information content (AvgIpc) is 2.67. The molecule has 0 aliphatic heterocycles. The lowest BCUT2D eigenvalue weighted by molar-refractivity contribution is 0.427. The summed E-state index contributed by atoms with van der Waals surface area (Å²) in [5, 5.41) is 18.7. The number of aromatic hydroxyl groups is 2. The predicted molar refractivity (Wildman–Crippen MR) is 58.7 cm³/mol. The number of hydrogen-bond donors (Lipinski definition) is 3. The van der Waals surface area contributed by atoms with Gasteiger partial charge in [-0.2, -0.15) is 0 Å². The highest BCUT2D eigenvalue weighted by Gasteiger charge is 2.23. The highest BCUT2D eigenvalue weighted by Crippen LogP contribution is 2.36. The molecule has 0 bridgehead atoms. The van der Waals surface area contributed by atoms with Crippen LogP contribution >= 0.6 is 0 Å². The first-order valence-electron chi connectivity index (χ1n) is 5.45. The Morgan fingerprint density at radius 3 is 2.13 bits per heavy atom. The Balaban J connectivity index is 2.20. The Morgan fingerprint density at radius 2 is 1.60 bits per heavy atom. The molecular weight excluding hydrogens is 190 g/mol. The lowest BCUT2D eigenvalue weighted by Gasteiger charge is -2.19. The van der Waals surface area contributed by atoms with Crippen LogP contribution in [0.3, 0.4) is 0 Å². The van der Waals surface area contributed by atoms with E-state index in [2.05, 4.69) is 0 Å². The zero-order valence-corrected chi connectivity index (χ0v) is 8.69. The van der Waals surface area contributed by atoms with E-state index < -0.39 is 0 Å². The number of hydrogen-bond acceptors (Lipinski definition) is 3. The summed E-state index contributed by atoms with van der Waals surface area (Å²) in [6, 6.07) is 4.54. The highest BCUT2D eigenvalue weighted by molar-refractivity contribution is 5.38. The molecule has 0 aromatic heterocycles. The van der Waals surface area contributed by atoms with Crippen LogP contribution in [0.5, 0.6) is 11.5 Å². The van der Waals surface area contributed by atoms with Crippen molar-refractivity contribution >= 4 is 0 Å². The molecule has 82 valence electrons. The standard InChI is InChI=1S/C12H17NO2/c13-12(8-3-1-2-4-8)9-5-10(14)7-11(15)6-9/h5-8,12,14-15H,1-4,13H2/t12-/m0/s1. The molecule has 1 aliphatic rings. The average molecular weight is 207 g/mol. The second-order valence-corrected chi connectivity index (χ2v) is 4.35. The van der Waals surface area contributed by atoms with E-state index in [1.54, 1.807) is 12.1 Å². The van der Waals surface area contributed by atoms with Gasteiger partial charge in [-0.3, -0.25) is 0 Å². The fourth-order valence-corrected chi connectivity index (χ4v) is 2.40. The lowest BCUT2D eigenvalue weighted by atomic mass is 9.92. The molecule has 15 heavy (non-hydrogen) atoms. The maximum Gasteiger partial charge on any atom is 0.119 e. The van der Waals surface area contributed by atoms with Crippen molar-refractivity contribution in [2.45, 2.75) is 31.7 Å². The van der Waals surface area contributed by atoms with Crippen LogP contribution in [-0.2, 0) is 0 Å². The molecule has 0 unspecified atom stereocenters. The van der Waals surface area contributed by atoms with E-state index >= 15 is 0 Å². The largest absolute Gasteiger partial charge is 0.508 e. The molecule has 3 heteroatoms. The third-order valence-corrected chi connectivity index (χ3v) is 3.22. The molecule has 1 fully saturated rings. The third kappa shape index (κ3) is 2.23. The maximum absolute atomic E-state index is 9.37. The van der Waals surface area contributed by atoms with E-state index in [4.69, 9.17) is 5.73 Å². The Labute approximate surface area is 89.5 Å². The molecule has 3 nitrogen and oxygen atoms in total. The Morgan fingerprint density at radius 1 is 1.07 bits per heavy atom. The van der Waals surface area contributed by atoms with Gasteiger partial charge >= 0.3 is 0 Å². The van der Waals surface area contributed by atoms with E-state index in [1.165, 1.54) is 18.9 Å². The number of nitrogens with two attached hydrogens (primary N) is 1.